The van der Waals surface area contributed by atoms with Crippen molar-refractivity contribution in [3.05, 3.63) is 58.0 Å². The van der Waals surface area contributed by atoms with Crippen LogP contribution in [0.3, 0.4) is 0 Å². The van der Waals surface area contributed by atoms with E-state index in [0.29, 0.717) is 68.5 Å². The molecule has 0 atom stereocenters. The molecule has 0 saturated carbocycles. The van der Waals surface area contributed by atoms with Crippen molar-refractivity contribution in [2.45, 2.75) is 54.0 Å². The molecule has 234 valence electrons. The summed E-state index contributed by atoms with van der Waals surface area (Å²) in [4.78, 5) is 30.9. The van der Waals surface area contributed by atoms with Crippen molar-refractivity contribution in [3.8, 4) is 23.5 Å². The molecule has 4 N–H and O–H groups in total. The Morgan fingerprint density at radius 3 is 1.70 bits per heavy atom. The first-order chi connectivity index (χ1) is 20.7. The predicted octanol–water partition coefficient (Wildman–Crippen LogP) is 2.31. The third-order valence-electron chi connectivity index (χ3n) is 6.48. The predicted molar refractivity (Wildman–Crippen MR) is 159 cm³/mol. The van der Waals surface area contributed by atoms with Crippen LogP contribution in [0, 0.1) is 13.8 Å². The van der Waals surface area contributed by atoms with Crippen molar-refractivity contribution in [1.29, 1.82) is 0 Å². The van der Waals surface area contributed by atoms with Gasteiger partial charge in [-0.1, -0.05) is 0 Å². The summed E-state index contributed by atoms with van der Waals surface area (Å²) < 4.78 is 28.8. The molecule has 0 aliphatic rings. The number of aryl methyl sites for hydroxylation is 1. The van der Waals surface area contributed by atoms with Crippen LogP contribution < -0.4 is 40.2 Å². The summed E-state index contributed by atoms with van der Waals surface area (Å²) in [5, 5.41) is 12.0. The molecule has 0 aromatic carbocycles. The van der Waals surface area contributed by atoms with Gasteiger partial charge in [0.15, 0.2) is 0 Å². The van der Waals surface area contributed by atoms with E-state index in [-0.39, 0.29) is 25.0 Å². The lowest BCUT2D eigenvalue weighted by Gasteiger charge is -2.12. The minimum Gasteiger partial charge on any atom is -0.481 e. The maximum absolute atomic E-state index is 11.0. The van der Waals surface area contributed by atoms with Crippen molar-refractivity contribution in [3.63, 3.8) is 0 Å². The number of methoxy groups -OCH3 is 2. The first-order valence-corrected chi connectivity index (χ1v) is 14.0. The molecule has 0 bridgehead atoms. The number of rotatable bonds is 18. The van der Waals surface area contributed by atoms with Gasteiger partial charge in [0.25, 0.3) is 0 Å². The number of nitrogens with zero attached hydrogens (tertiary/aromatic N) is 2. The van der Waals surface area contributed by atoms with E-state index in [1.165, 1.54) is 13.8 Å². The van der Waals surface area contributed by atoms with Crippen LogP contribution in [0.25, 0.3) is 0 Å². The second kappa shape index (κ2) is 16.9. The van der Waals surface area contributed by atoms with E-state index >= 15 is 0 Å². The van der Waals surface area contributed by atoms with Crippen molar-refractivity contribution in [2.75, 3.05) is 40.4 Å². The SMILES string of the molecule is COc1nc(OCc2oc(C)c(COc3ccc(CNCCNC(C)=O)c(OC)n3)c2C)ccc1CNCCNC(C)=O. The van der Waals surface area contributed by atoms with E-state index in [0.717, 1.165) is 28.0 Å². The van der Waals surface area contributed by atoms with Crippen LogP contribution in [0.15, 0.2) is 28.7 Å². The molecule has 13 nitrogen and oxygen atoms in total. The summed E-state index contributed by atoms with van der Waals surface area (Å²) in [6.07, 6.45) is 0. The summed E-state index contributed by atoms with van der Waals surface area (Å²) in [6.45, 7) is 10.7. The zero-order chi connectivity index (χ0) is 31.2. The molecule has 3 rings (SSSR count). The highest BCUT2D eigenvalue weighted by Gasteiger charge is 2.17. The number of furan rings is 1. The molecule has 0 radical (unpaired) electrons. The van der Waals surface area contributed by atoms with Gasteiger partial charge in [-0.2, -0.15) is 9.97 Å². The summed E-state index contributed by atoms with van der Waals surface area (Å²) in [5.74, 6) is 3.04. The number of hydrogen-bond donors (Lipinski definition) is 4. The first-order valence-electron chi connectivity index (χ1n) is 14.0. The van der Waals surface area contributed by atoms with E-state index in [1.807, 2.05) is 26.0 Å². The molecule has 0 aliphatic heterocycles. The Hall–Kier alpha value is -4.36. The van der Waals surface area contributed by atoms with E-state index in [4.69, 9.17) is 23.4 Å². The number of nitrogens with one attached hydrogen (secondary N) is 4. The second-order valence-corrected chi connectivity index (χ2v) is 9.72. The molecule has 0 saturated heterocycles. The zero-order valence-electron chi connectivity index (χ0n) is 25.7. The molecular formula is C30H42N6O7. The lowest BCUT2D eigenvalue weighted by Crippen LogP contribution is -2.30. The molecule has 13 heteroatoms. The topological polar surface area (TPSA) is 158 Å². The summed E-state index contributed by atoms with van der Waals surface area (Å²) in [5.41, 5.74) is 3.59. The normalized spacial score (nSPS) is 10.7. The maximum atomic E-state index is 11.0. The van der Waals surface area contributed by atoms with E-state index in [9.17, 15) is 9.59 Å². The number of amides is 2. The average molecular weight is 599 g/mol. The number of carbonyl (C=O) groups excluding carboxylic acids is 2. The minimum atomic E-state index is -0.0611. The Kier molecular flexibility index (Phi) is 13.0. The summed E-state index contributed by atoms with van der Waals surface area (Å²) in [7, 11) is 3.12. The van der Waals surface area contributed by atoms with Crippen molar-refractivity contribution < 1.29 is 33.0 Å². The van der Waals surface area contributed by atoms with Crippen LogP contribution in [0.5, 0.6) is 23.5 Å². The van der Waals surface area contributed by atoms with Crippen LogP contribution in [0.4, 0.5) is 0 Å². The number of hydrogen-bond acceptors (Lipinski definition) is 11. The molecule has 3 heterocycles. The highest BCUT2D eigenvalue weighted by Crippen LogP contribution is 2.27. The quantitative estimate of drug-likeness (QED) is 0.159. The van der Waals surface area contributed by atoms with Crippen LogP contribution in [0.1, 0.15) is 47.6 Å². The number of carbonyl (C=O) groups is 2. The number of aromatic nitrogens is 2. The summed E-state index contributed by atoms with van der Waals surface area (Å²) in [6, 6.07) is 7.36. The van der Waals surface area contributed by atoms with Crippen LogP contribution in [-0.4, -0.2) is 62.2 Å². The van der Waals surface area contributed by atoms with Gasteiger partial charge in [-0.25, -0.2) is 0 Å². The molecular weight excluding hydrogens is 556 g/mol. The van der Waals surface area contributed by atoms with Gasteiger partial charge < -0.3 is 44.6 Å². The second-order valence-electron chi connectivity index (χ2n) is 9.72. The van der Waals surface area contributed by atoms with Crippen molar-refractivity contribution in [2.24, 2.45) is 0 Å². The van der Waals surface area contributed by atoms with Crippen LogP contribution in [0.2, 0.25) is 0 Å². The largest absolute Gasteiger partial charge is 0.481 e. The average Bonchev–Trinajstić information content (AvgIpc) is 3.26. The minimum absolute atomic E-state index is 0.0601. The van der Waals surface area contributed by atoms with Gasteiger partial charge in [-0.3, -0.25) is 9.59 Å². The third-order valence-corrected chi connectivity index (χ3v) is 6.48. The van der Waals surface area contributed by atoms with Gasteiger partial charge in [0, 0.05) is 87.5 Å². The Balaban J connectivity index is 1.54. The van der Waals surface area contributed by atoms with Gasteiger partial charge in [-0.15, -0.1) is 0 Å². The monoisotopic (exact) mass is 598 g/mol. The van der Waals surface area contributed by atoms with E-state index in [1.54, 1.807) is 26.4 Å². The fourth-order valence-corrected chi connectivity index (χ4v) is 4.18. The van der Waals surface area contributed by atoms with E-state index < -0.39 is 0 Å². The van der Waals surface area contributed by atoms with Crippen molar-refractivity contribution in [1.82, 2.24) is 31.2 Å². The molecule has 3 aromatic rings. The highest BCUT2D eigenvalue weighted by atomic mass is 16.5. The van der Waals surface area contributed by atoms with Crippen LogP contribution in [-0.2, 0) is 35.9 Å². The molecule has 0 spiro atoms. The van der Waals surface area contributed by atoms with E-state index in [2.05, 4.69) is 31.2 Å². The van der Waals surface area contributed by atoms with Gasteiger partial charge in [-0.05, 0) is 26.0 Å². The molecule has 0 unspecified atom stereocenters. The molecule has 0 fully saturated rings. The standard InChI is InChI=1S/C30H42N6O7/c1-19-25(17-41-27-9-7-23(29(35-27)39-5)15-31-11-13-33-21(3)37)20(2)43-26(19)18-42-28-10-8-24(30(36-28)40-6)16-32-12-14-34-22(4)38/h7-10,31-32H,11-18H2,1-6H3,(H,33,37)(H,34,38). The lowest BCUT2D eigenvalue weighted by molar-refractivity contribution is -0.119. The number of ether oxygens (including phenoxy) is 4. The fourth-order valence-electron chi connectivity index (χ4n) is 4.18. The maximum Gasteiger partial charge on any atom is 0.220 e. The molecule has 3 aromatic heterocycles. The first kappa shape index (κ1) is 33.1. The van der Waals surface area contributed by atoms with Gasteiger partial charge in [0.2, 0.25) is 35.3 Å². The Morgan fingerprint density at radius 2 is 1.23 bits per heavy atom. The summed E-state index contributed by atoms with van der Waals surface area (Å²) >= 11 is 0. The van der Waals surface area contributed by atoms with Gasteiger partial charge in [0.05, 0.1) is 14.2 Å². The Bertz CT molecular complexity index is 1360. The zero-order valence-corrected chi connectivity index (χ0v) is 25.7. The Labute approximate surface area is 252 Å². The smallest absolute Gasteiger partial charge is 0.220 e. The van der Waals surface area contributed by atoms with Crippen LogP contribution >= 0.6 is 0 Å². The van der Waals surface area contributed by atoms with Crippen molar-refractivity contribution >= 4 is 11.8 Å². The molecule has 0 aliphatic carbocycles. The Morgan fingerprint density at radius 1 is 0.744 bits per heavy atom. The lowest BCUT2D eigenvalue weighted by atomic mass is 10.1. The number of pyridine rings is 2. The van der Waals surface area contributed by atoms with Gasteiger partial charge in [0.1, 0.15) is 24.7 Å². The third kappa shape index (κ3) is 10.5. The molecule has 2 amide bonds. The van der Waals surface area contributed by atoms with Gasteiger partial charge >= 0.3 is 0 Å². The highest BCUT2D eigenvalue weighted by molar-refractivity contribution is 5.73. The fraction of sp³-hybridized carbons (Fsp3) is 0.467. The molecule has 43 heavy (non-hydrogen) atoms.